The molecule has 0 saturated heterocycles. The monoisotopic (exact) mass is 302 g/mol. The summed E-state index contributed by atoms with van der Waals surface area (Å²) in [5.74, 6) is -2.03. The topological polar surface area (TPSA) is 76.6 Å². The maximum Gasteiger partial charge on any atom is 0.375 e. The predicted octanol–water partition coefficient (Wildman–Crippen LogP) is 2.13. The van der Waals surface area contributed by atoms with Gasteiger partial charge in [-0.05, 0) is 26.0 Å². The minimum Gasteiger partial charge on any atom is -0.323 e. The Labute approximate surface area is 123 Å². The number of imide groups is 1. The van der Waals surface area contributed by atoms with Crippen LogP contribution in [0.5, 0.6) is 0 Å². The standard InChI is InChI=1S/C14H10N2O4S/c1-7-11(21-8(2)15-7)14(19)20-16-12(17)9-5-3-4-6-10(9)13(16)18/h3-6H,1-2H3. The zero-order valence-electron chi connectivity index (χ0n) is 11.2. The van der Waals surface area contributed by atoms with Gasteiger partial charge in [0.25, 0.3) is 11.8 Å². The van der Waals surface area contributed by atoms with Gasteiger partial charge in [0.05, 0.1) is 21.8 Å². The van der Waals surface area contributed by atoms with Crippen molar-refractivity contribution in [1.29, 1.82) is 0 Å². The van der Waals surface area contributed by atoms with Crippen molar-refractivity contribution in [1.82, 2.24) is 10.0 Å². The van der Waals surface area contributed by atoms with Crippen LogP contribution in [0.4, 0.5) is 0 Å². The number of hydrogen-bond donors (Lipinski definition) is 0. The lowest BCUT2D eigenvalue weighted by atomic mass is 10.1. The minimum atomic E-state index is -0.757. The highest BCUT2D eigenvalue weighted by molar-refractivity contribution is 7.13. The van der Waals surface area contributed by atoms with E-state index in [4.69, 9.17) is 4.84 Å². The van der Waals surface area contributed by atoms with Gasteiger partial charge in [-0.25, -0.2) is 9.78 Å². The average molecular weight is 302 g/mol. The Morgan fingerprint density at radius 2 is 1.71 bits per heavy atom. The van der Waals surface area contributed by atoms with Crippen LogP contribution < -0.4 is 0 Å². The van der Waals surface area contributed by atoms with Crippen LogP contribution in [0.3, 0.4) is 0 Å². The zero-order valence-corrected chi connectivity index (χ0v) is 12.1. The van der Waals surface area contributed by atoms with Gasteiger partial charge in [0.1, 0.15) is 4.88 Å². The van der Waals surface area contributed by atoms with Crippen LogP contribution in [0, 0.1) is 13.8 Å². The molecule has 1 aliphatic heterocycles. The summed E-state index contributed by atoms with van der Waals surface area (Å²) in [6.45, 7) is 3.43. The number of hydroxylamine groups is 2. The highest BCUT2D eigenvalue weighted by Gasteiger charge is 2.39. The lowest BCUT2D eigenvalue weighted by Gasteiger charge is -2.11. The fourth-order valence-electron chi connectivity index (χ4n) is 2.10. The van der Waals surface area contributed by atoms with E-state index in [1.165, 1.54) is 12.1 Å². The van der Waals surface area contributed by atoms with Crippen LogP contribution in [0.25, 0.3) is 0 Å². The van der Waals surface area contributed by atoms with E-state index in [1.807, 2.05) is 0 Å². The Morgan fingerprint density at radius 1 is 1.14 bits per heavy atom. The Balaban J connectivity index is 1.87. The van der Waals surface area contributed by atoms with Gasteiger partial charge in [0, 0.05) is 0 Å². The number of carbonyl (C=O) groups is 3. The molecule has 0 N–H and O–H groups in total. The molecule has 0 unspecified atom stereocenters. The molecule has 6 nitrogen and oxygen atoms in total. The van der Waals surface area contributed by atoms with E-state index in [0.29, 0.717) is 15.8 Å². The molecule has 0 fully saturated rings. The van der Waals surface area contributed by atoms with Crippen molar-refractivity contribution in [2.24, 2.45) is 0 Å². The van der Waals surface area contributed by atoms with Crippen LogP contribution in [0.2, 0.25) is 0 Å². The second-order valence-corrected chi connectivity index (χ2v) is 5.68. The van der Waals surface area contributed by atoms with Crippen LogP contribution in [0.15, 0.2) is 24.3 Å². The Morgan fingerprint density at radius 3 is 2.19 bits per heavy atom. The summed E-state index contributed by atoms with van der Waals surface area (Å²) < 4.78 is 0. The van der Waals surface area contributed by atoms with E-state index in [1.54, 1.807) is 26.0 Å². The molecule has 7 heteroatoms. The third-order valence-electron chi connectivity index (χ3n) is 3.02. The normalized spacial score (nSPS) is 13.5. The molecule has 0 radical (unpaired) electrons. The maximum absolute atomic E-state index is 12.1. The van der Waals surface area contributed by atoms with Gasteiger partial charge in [0.2, 0.25) is 0 Å². The summed E-state index contributed by atoms with van der Waals surface area (Å²) in [6, 6.07) is 6.33. The number of rotatable bonds is 2. The van der Waals surface area contributed by atoms with Crippen molar-refractivity contribution in [3.8, 4) is 0 Å². The third kappa shape index (κ3) is 2.11. The summed E-state index contributed by atoms with van der Waals surface area (Å²) in [5, 5.41) is 1.21. The van der Waals surface area contributed by atoms with E-state index < -0.39 is 17.8 Å². The molecule has 0 atom stereocenters. The molecular weight excluding hydrogens is 292 g/mol. The summed E-state index contributed by atoms with van der Waals surface area (Å²) >= 11 is 1.16. The van der Waals surface area contributed by atoms with Crippen molar-refractivity contribution in [3.05, 3.63) is 51.0 Å². The molecule has 2 heterocycles. The first-order valence-electron chi connectivity index (χ1n) is 6.13. The molecule has 0 spiro atoms. The molecular formula is C14H10N2O4S. The van der Waals surface area contributed by atoms with Crippen LogP contribution >= 0.6 is 11.3 Å². The molecule has 1 aromatic heterocycles. The molecule has 2 aromatic rings. The molecule has 0 bridgehead atoms. The van der Waals surface area contributed by atoms with Gasteiger partial charge in [0.15, 0.2) is 0 Å². The van der Waals surface area contributed by atoms with Crippen molar-refractivity contribution in [3.63, 3.8) is 0 Å². The summed E-state index contributed by atoms with van der Waals surface area (Å²) in [6.07, 6.45) is 0. The molecule has 2 amide bonds. The first-order chi connectivity index (χ1) is 9.99. The number of benzene rings is 1. The molecule has 1 aromatic carbocycles. The first kappa shape index (κ1) is 13.4. The first-order valence-corrected chi connectivity index (χ1v) is 6.95. The SMILES string of the molecule is Cc1nc(C)c(C(=O)ON2C(=O)c3ccccc3C2=O)s1. The van der Waals surface area contributed by atoms with Crippen LogP contribution in [-0.4, -0.2) is 27.8 Å². The molecule has 1 aliphatic rings. The number of thiazole rings is 1. The van der Waals surface area contributed by atoms with Gasteiger partial charge >= 0.3 is 5.97 Å². The van der Waals surface area contributed by atoms with E-state index in [9.17, 15) is 14.4 Å². The smallest absolute Gasteiger partial charge is 0.323 e. The highest BCUT2D eigenvalue weighted by Crippen LogP contribution is 2.25. The van der Waals surface area contributed by atoms with Crippen molar-refractivity contribution >= 4 is 29.1 Å². The summed E-state index contributed by atoms with van der Waals surface area (Å²) in [5.41, 5.74) is 0.971. The second-order valence-electron chi connectivity index (χ2n) is 4.48. The predicted molar refractivity (Wildman–Crippen MR) is 73.9 cm³/mol. The number of hydrogen-bond acceptors (Lipinski definition) is 6. The van der Waals surface area contributed by atoms with Crippen molar-refractivity contribution in [2.75, 3.05) is 0 Å². The summed E-state index contributed by atoms with van der Waals surface area (Å²) in [7, 11) is 0. The van der Waals surface area contributed by atoms with Gasteiger partial charge in [-0.3, -0.25) is 9.59 Å². The number of aromatic nitrogens is 1. The van der Waals surface area contributed by atoms with Crippen molar-refractivity contribution < 1.29 is 19.2 Å². The van der Waals surface area contributed by atoms with Crippen LogP contribution in [-0.2, 0) is 4.84 Å². The second kappa shape index (κ2) is 4.78. The largest absolute Gasteiger partial charge is 0.375 e. The summed E-state index contributed by atoms with van der Waals surface area (Å²) in [4.78, 5) is 45.6. The van der Waals surface area contributed by atoms with Gasteiger partial charge in [-0.15, -0.1) is 11.3 Å². The fraction of sp³-hybridized carbons (Fsp3) is 0.143. The number of nitrogens with zero attached hydrogens (tertiary/aromatic N) is 2. The Kier molecular flexibility index (Phi) is 3.06. The quantitative estimate of drug-likeness (QED) is 0.794. The van der Waals surface area contributed by atoms with E-state index >= 15 is 0 Å². The molecule has 106 valence electrons. The molecule has 3 rings (SSSR count). The Hall–Kier alpha value is -2.54. The molecule has 21 heavy (non-hydrogen) atoms. The third-order valence-corrected chi connectivity index (χ3v) is 4.07. The maximum atomic E-state index is 12.1. The lowest BCUT2D eigenvalue weighted by Crippen LogP contribution is -2.32. The molecule has 0 saturated carbocycles. The minimum absolute atomic E-state index is 0.229. The lowest BCUT2D eigenvalue weighted by molar-refractivity contribution is -0.0581. The highest BCUT2D eigenvalue weighted by atomic mass is 32.1. The number of aryl methyl sites for hydroxylation is 2. The van der Waals surface area contributed by atoms with Gasteiger partial charge in [-0.1, -0.05) is 17.2 Å². The average Bonchev–Trinajstić information content (AvgIpc) is 2.92. The zero-order chi connectivity index (χ0) is 15.1. The van der Waals surface area contributed by atoms with E-state index in [0.717, 1.165) is 11.3 Å². The number of amides is 2. The fourth-order valence-corrected chi connectivity index (χ4v) is 2.89. The van der Waals surface area contributed by atoms with E-state index in [-0.39, 0.29) is 16.0 Å². The number of fused-ring (bicyclic) bond motifs is 1. The van der Waals surface area contributed by atoms with E-state index in [2.05, 4.69) is 4.98 Å². The number of carbonyl (C=O) groups excluding carboxylic acids is 3. The Bertz CT molecular complexity index is 746. The van der Waals surface area contributed by atoms with Crippen LogP contribution in [0.1, 0.15) is 41.1 Å². The van der Waals surface area contributed by atoms with Gasteiger partial charge < -0.3 is 4.84 Å². The molecule has 0 aliphatic carbocycles. The van der Waals surface area contributed by atoms with Crippen molar-refractivity contribution in [2.45, 2.75) is 13.8 Å². The van der Waals surface area contributed by atoms with Gasteiger partial charge in [-0.2, -0.15) is 0 Å².